The molecule has 1 amide bonds. The molecular weight excluding hydrogens is 423 g/mol. The average Bonchev–Trinajstić information content (AvgIpc) is 3.12. The quantitative estimate of drug-likeness (QED) is 0.623. The maximum atomic E-state index is 13.0. The maximum Gasteiger partial charge on any atom is 0.253 e. The second kappa shape index (κ2) is 10.8. The number of piperidine rings is 1. The normalized spacial score (nSPS) is 16.1. The number of hydrogen-bond donors (Lipinski definition) is 2. The van der Waals surface area contributed by atoms with Gasteiger partial charge in [-0.15, -0.1) is 24.8 Å². The smallest absolute Gasteiger partial charge is 0.253 e. The number of likely N-dealkylation sites (tertiary alicyclic amines) is 1. The molecule has 2 aromatic carbocycles. The highest BCUT2D eigenvalue weighted by molar-refractivity contribution is 5.95. The van der Waals surface area contributed by atoms with Crippen molar-refractivity contribution in [2.45, 2.75) is 19.4 Å². The van der Waals surface area contributed by atoms with E-state index >= 15 is 0 Å². The first kappa shape index (κ1) is 24.2. The highest BCUT2D eigenvalue weighted by Gasteiger charge is 2.24. The lowest BCUT2D eigenvalue weighted by Gasteiger charge is -2.32. The van der Waals surface area contributed by atoms with Crippen LogP contribution in [0.4, 0.5) is 0 Å². The van der Waals surface area contributed by atoms with E-state index in [4.69, 9.17) is 10.7 Å². The Morgan fingerprint density at radius 3 is 2.73 bits per heavy atom. The first-order chi connectivity index (χ1) is 13.7. The van der Waals surface area contributed by atoms with Crippen LogP contribution in [0.3, 0.4) is 0 Å². The highest BCUT2D eigenvalue weighted by atomic mass is 35.5. The first-order valence-corrected chi connectivity index (χ1v) is 9.87. The molecule has 0 saturated carbocycles. The fraction of sp³-hybridized carbons (Fsp3) is 0.364. The Balaban J connectivity index is 0.00000160. The summed E-state index contributed by atoms with van der Waals surface area (Å²) in [5, 5.41) is 9.51. The van der Waals surface area contributed by atoms with Gasteiger partial charge in [0.1, 0.15) is 5.82 Å². The van der Waals surface area contributed by atoms with Crippen LogP contribution in [0.25, 0.3) is 22.4 Å². The predicted molar refractivity (Wildman–Crippen MR) is 124 cm³/mol. The number of aliphatic hydroxyl groups excluding tert-OH is 1. The third-order valence-corrected chi connectivity index (χ3v) is 5.49. The minimum Gasteiger partial charge on any atom is -0.395 e. The van der Waals surface area contributed by atoms with Crippen LogP contribution in [-0.4, -0.2) is 51.7 Å². The molecule has 30 heavy (non-hydrogen) atoms. The van der Waals surface area contributed by atoms with Crippen LogP contribution in [-0.2, 0) is 6.54 Å². The molecule has 1 saturated heterocycles. The molecule has 162 valence electrons. The van der Waals surface area contributed by atoms with Crippen molar-refractivity contribution in [1.82, 2.24) is 14.5 Å². The number of halogens is 2. The van der Waals surface area contributed by atoms with E-state index in [-0.39, 0.29) is 37.3 Å². The number of imidazole rings is 1. The molecule has 1 unspecified atom stereocenters. The van der Waals surface area contributed by atoms with Gasteiger partial charge in [-0.05, 0) is 49.6 Å². The van der Waals surface area contributed by atoms with Crippen molar-refractivity contribution < 1.29 is 9.90 Å². The number of benzene rings is 2. The number of aromatic nitrogens is 2. The SMILES string of the molecule is Cl.Cl.NCC1CCCN(C(=O)c2cccc(-c3nc4ccccc4n3CCO)c2)C1. The summed E-state index contributed by atoms with van der Waals surface area (Å²) in [5.41, 5.74) is 9.22. The molecule has 0 aliphatic carbocycles. The number of hydrogen-bond acceptors (Lipinski definition) is 4. The molecule has 1 aliphatic rings. The van der Waals surface area contributed by atoms with Gasteiger partial charge in [0.05, 0.1) is 17.6 Å². The van der Waals surface area contributed by atoms with Gasteiger partial charge in [-0.25, -0.2) is 4.98 Å². The van der Waals surface area contributed by atoms with Crippen molar-refractivity contribution in [2.75, 3.05) is 26.2 Å². The number of carbonyl (C=O) groups is 1. The predicted octanol–water partition coefficient (Wildman–Crippen LogP) is 3.35. The molecule has 2 heterocycles. The van der Waals surface area contributed by atoms with Gasteiger partial charge in [0.2, 0.25) is 0 Å². The van der Waals surface area contributed by atoms with E-state index in [0.29, 0.717) is 24.6 Å². The van der Waals surface area contributed by atoms with E-state index in [1.165, 1.54) is 0 Å². The third kappa shape index (κ3) is 4.78. The van der Waals surface area contributed by atoms with Crippen molar-refractivity contribution in [1.29, 1.82) is 0 Å². The van der Waals surface area contributed by atoms with Crippen molar-refractivity contribution >= 4 is 41.8 Å². The largest absolute Gasteiger partial charge is 0.395 e. The van der Waals surface area contributed by atoms with Gasteiger partial charge in [-0.3, -0.25) is 4.79 Å². The zero-order chi connectivity index (χ0) is 19.5. The minimum atomic E-state index is 0. The first-order valence-electron chi connectivity index (χ1n) is 9.87. The second-order valence-electron chi connectivity index (χ2n) is 7.38. The van der Waals surface area contributed by atoms with E-state index < -0.39 is 0 Å². The van der Waals surface area contributed by atoms with Crippen LogP contribution in [0.15, 0.2) is 48.5 Å². The van der Waals surface area contributed by atoms with Crippen LogP contribution in [0.1, 0.15) is 23.2 Å². The summed E-state index contributed by atoms with van der Waals surface area (Å²) < 4.78 is 2.00. The maximum absolute atomic E-state index is 13.0. The molecular formula is C22H28Cl2N4O2. The van der Waals surface area contributed by atoms with Crippen molar-refractivity contribution in [3.05, 3.63) is 54.1 Å². The fourth-order valence-corrected chi connectivity index (χ4v) is 4.04. The van der Waals surface area contributed by atoms with E-state index in [1.54, 1.807) is 0 Å². The molecule has 6 nitrogen and oxygen atoms in total. The molecule has 3 N–H and O–H groups in total. The standard InChI is InChI=1S/C22H26N4O2.2ClH/c23-14-16-5-4-10-25(15-16)22(28)18-7-3-6-17(13-18)21-24-19-8-1-2-9-20(19)26(21)11-12-27;;/h1-3,6-9,13,16,27H,4-5,10-12,14-15,23H2;2*1H. The Labute approximate surface area is 188 Å². The molecule has 1 atom stereocenters. The molecule has 1 aliphatic heterocycles. The molecule has 0 bridgehead atoms. The monoisotopic (exact) mass is 450 g/mol. The van der Waals surface area contributed by atoms with Crippen molar-refractivity contribution in [3.8, 4) is 11.4 Å². The Hall–Kier alpha value is -2.12. The number of nitrogens with zero attached hydrogens (tertiary/aromatic N) is 3. The van der Waals surface area contributed by atoms with Gasteiger partial charge < -0.3 is 20.3 Å². The van der Waals surface area contributed by atoms with Gasteiger partial charge in [0.15, 0.2) is 0 Å². The van der Waals surface area contributed by atoms with Crippen molar-refractivity contribution in [2.24, 2.45) is 11.7 Å². The number of aliphatic hydroxyl groups is 1. The fourth-order valence-electron chi connectivity index (χ4n) is 4.04. The number of para-hydroxylation sites is 2. The summed E-state index contributed by atoms with van der Waals surface area (Å²) in [4.78, 5) is 19.7. The van der Waals surface area contributed by atoms with Crippen LogP contribution < -0.4 is 5.73 Å². The summed E-state index contributed by atoms with van der Waals surface area (Å²) >= 11 is 0. The van der Waals surface area contributed by atoms with Gasteiger partial charge in [0, 0.05) is 30.8 Å². The Morgan fingerprint density at radius 2 is 1.97 bits per heavy atom. The topological polar surface area (TPSA) is 84.4 Å². The summed E-state index contributed by atoms with van der Waals surface area (Å²) in [6, 6.07) is 15.5. The molecule has 4 rings (SSSR count). The van der Waals surface area contributed by atoms with Gasteiger partial charge in [-0.2, -0.15) is 0 Å². The van der Waals surface area contributed by atoms with Crippen LogP contribution in [0.2, 0.25) is 0 Å². The van der Waals surface area contributed by atoms with Crippen LogP contribution in [0.5, 0.6) is 0 Å². The van der Waals surface area contributed by atoms with Crippen LogP contribution in [0, 0.1) is 5.92 Å². The van der Waals surface area contributed by atoms with E-state index in [9.17, 15) is 9.90 Å². The van der Waals surface area contributed by atoms with E-state index in [1.807, 2.05) is 58.0 Å². The van der Waals surface area contributed by atoms with Crippen LogP contribution >= 0.6 is 24.8 Å². The number of carbonyl (C=O) groups excluding carboxylic acids is 1. The van der Waals surface area contributed by atoms with Gasteiger partial charge >= 0.3 is 0 Å². The number of fused-ring (bicyclic) bond motifs is 1. The lowest BCUT2D eigenvalue weighted by Crippen LogP contribution is -2.42. The molecule has 8 heteroatoms. The zero-order valence-corrected chi connectivity index (χ0v) is 18.4. The summed E-state index contributed by atoms with van der Waals surface area (Å²) in [7, 11) is 0. The molecule has 1 fully saturated rings. The average molecular weight is 451 g/mol. The number of nitrogens with two attached hydrogens (primary N) is 1. The van der Waals surface area contributed by atoms with Crippen molar-refractivity contribution in [3.63, 3.8) is 0 Å². The molecule has 0 radical (unpaired) electrons. The highest BCUT2D eigenvalue weighted by Crippen LogP contribution is 2.26. The van der Waals surface area contributed by atoms with Gasteiger partial charge in [-0.1, -0.05) is 24.3 Å². The van der Waals surface area contributed by atoms with E-state index in [2.05, 4.69) is 0 Å². The zero-order valence-electron chi connectivity index (χ0n) is 16.7. The molecule has 1 aromatic heterocycles. The molecule has 3 aromatic rings. The second-order valence-corrected chi connectivity index (χ2v) is 7.38. The third-order valence-electron chi connectivity index (χ3n) is 5.49. The minimum absolute atomic E-state index is 0. The lowest BCUT2D eigenvalue weighted by atomic mass is 9.97. The Kier molecular flexibility index (Phi) is 8.67. The summed E-state index contributed by atoms with van der Waals surface area (Å²) in [5.74, 6) is 1.20. The molecule has 0 spiro atoms. The number of rotatable bonds is 5. The lowest BCUT2D eigenvalue weighted by molar-refractivity contribution is 0.0678. The Morgan fingerprint density at radius 1 is 1.17 bits per heavy atom. The van der Waals surface area contributed by atoms with E-state index in [0.717, 1.165) is 48.4 Å². The summed E-state index contributed by atoms with van der Waals surface area (Å²) in [6.45, 7) is 2.61. The summed E-state index contributed by atoms with van der Waals surface area (Å²) in [6.07, 6.45) is 2.09. The number of amides is 1. The van der Waals surface area contributed by atoms with Gasteiger partial charge in [0.25, 0.3) is 5.91 Å². The Bertz CT molecular complexity index is 992.